The Morgan fingerprint density at radius 3 is 2.55 bits per heavy atom. The highest BCUT2D eigenvalue weighted by Gasteiger charge is 2.22. The van der Waals surface area contributed by atoms with Crippen LogP contribution in [0.4, 0.5) is 0 Å². The molecule has 1 nitrogen and oxygen atoms in total. The molecule has 1 N–H and O–H groups in total. The number of halogens is 1. The summed E-state index contributed by atoms with van der Waals surface area (Å²) in [7, 11) is 0. The number of benzene rings is 1. The average Bonchev–Trinajstić information content (AvgIpc) is 2.47. The third-order valence-corrected chi connectivity index (χ3v) is 5.13. The molecule has 0 aromatic heterocycles. The van der Waals surface area contributed by atoms with Gasteiger partial charge in [0.2, 0.25) is 0 Å². The van der Waals surface area contributed by atoms with Crippen molar-refractivity contribution in [3.05, 3.63) is 34.3 Å². The van der Waals surface area contributed by atoms with Crippen LogP contribution in [0.15, 0.2) is 28.7 Å². The molecule has 1 saturated carbocycles. The largest absolute Gasteiger partial charge is 0.307 e. The van der Waals surface area contributed by atoms with Crippen LogP contribution in [0.25, 0.3) is 0 Å². The standard InChI is InChI=1S/C18H28BrN/c1-3-6-14-9-11-17(12-10-14)20-18(4-2)15-7-5-8-16(19)13-15/h5,7-8,13-14,17-18,20H,3-4,6,9-12H2,1-2H3. The molecule has 0 aliphatic heterocycles. The highest BCUT2D eigenvalue weighted by molar-refractivity contribution is 9.10. The zero-order valence-electron chi connectivity index (χ0n) is 12.9. The summed E-state index contributed by atoms with van der Waals surface area (Å²) in [5.74, 6) is 0.990. The lowest BCUT2D eigenvalue weighted by atomic mass is 9.83. The van der Waals surface area contributed by atoms with Crippen LogP contribution < -0.4 is 5.32 Å². The van der Waals surface area contributed by atoms with E-state index in [9.17, 15) is 0 Å². The molecule has 1 aliphatic rings. The minimum atomic E-state index is 0.500. The van der Waals surface area contributed by atoms with Crippen LogP contribution in [-0.4, -0.2) is 6.04 Å². The molecular weight excluding hydrogens is 310 g/mol. The van der Waals surface area contributed by atoms with Gasteiger partial charge in [-0.05, 0) is 55.7 Å². The predicted octanol–water partition coefficient (Wildman–Crippen LogP) is 5.85. The van der Waals surface area contributed by atoms with E-state index in [-0.39, 0.29) is 0 Å². The van der Waals surface area contributed by atoms with E-state index in [4.69, 9.17) is 0 Å². The fourth-order valence-corrected chi connectivity index (χ4v) is 3.90. The van der Waals surface area contributed by atoms with Gasteiger partial charge in [-0.15, -0.1) is 0 Å². The summed E-state index contributed by atoms with van der Waals surface area (Å²) >= 11 is 3.58. The van der Waals surface area contributed by atoms with Crippen molar-refractivity contribution in [2.45, 2.75) is 70.9 Å². The van der Waals surface area contributed by atoms with Crippen LogP contribution in [0.2, 0.25) is 0 Å². The molecule has 0 spiro atoms. The van der Waals surface area contributed by atoms with Crippen LogP contribution in [0.1, 0.15) is 70.4 Å². The zero-order valence-corrected chi connectivity index (χ0v) is 14.5. The van der Waals surface area contributed by atoms with Gasteiger partial charge in [0.05, 0.1) is 0 Å². The van der Waals surface area contributed by atoms with Crippen LogP contribution in [0.5, 0.6) is 0 Å². The summed E-state index contributed by atoms with van der Waals surface area (Å²) in [5.41, 5.74) is 1.41. The summed E-state index contributed by atoms with van der Waals surface area (Å²) in [6.07, 6.45) is 9.48. The Morgan fingerprint density at radius 2 is 1.95 bits per heavy atom. The second kappa shape index (κ2) is 8.19. The van der Waals surface area contributed by atoms with E-state index in [0.29, 0.717) is 12.1 Å². The molecule has 2 heteroatoms. The zero-order chi connectivity index (χ0) is 14.4. The molecule has 1 aliphatic carbocycles. The topological polar surface area (TPSA) is 12.0 Å². The Kier molecular flexibility index (Phi) is 6.57. The van der Waals surface area contributed by atoms with Crippen molar-refractivity contribution in [2.75, 3.05) is 0 Å². The summed E-state index contributed by atoms with van der Waals surface area (Å²) < 4.78 is 1.18. The van der Waals surface area contributed by atoms with Gasteiger partial charge in [-0.2, -0.15) is 0 Å². The van der Waals surface area contributed by atoms with Gasteiger partial charge >= 0.3 is 0 Å². The molecule has 112 valence electrons. The molecule has 0 heterocycles. The lowest BCUT2D eigenvalue weighted by Gasteiger charge is -2.32. The Bertz CT molecular complexity index is 396. The van der Waals surface area contributed by atoms with Gasteiger partial charge in [0.25, 0.3) is 0 Å². The molecule has 1 aromatic carbocycles. The molecule has 1 fully saturated rings. The normalized spacial score (nSPS) is 24.6. The molecule has 0 radical (unpaired) electrons. The van der Waals surface area contributed by atoms with Crippen LogP contribution in [0, 0.1) is 5.92 Å². The number of rotatable bonds is 6. The molecular formula is C18H28BrN. The van der Waals surface area contributed by atoms with Crippen molar-refractivity contribution >= 4 is 15.9 Å². The third-order valence-electron chi connectivity index (χ3n) is 4.64. The second-order valence-corrected chi connectivity index (χ2v) is 7.10. The van der Waals surface area contributed by atoms with Crippen molar-refractivity contribution in [1.82, 2.24) is 5.32 Å². The van der Waals surface area contributed by atoms with E-state index in [1.165, 1.54) is 48.6 Å². The minimum absolute atomic E-state index is 0.500. The maximum atomic E-state index is 3.89. The van der Waals surface area contributed by atoms with Gasteiger partial charge in [-0.3, -0.25) is 0 Å². The first kappa shape index (κ1) is 16.0. The van der Waals surface area contributed by atoms with E-state index >= 15 is 0 Å². The van der Waals surface area contributed by atoms with Gasteiger partial charge in [-0.25, -0.2) is 0 Å². The van der Waals surface area contributed by atoms with Crippen molar-refractivity contribution in [1.29, 1.82) is 0 Å². The first-order valence-corrected chi connectivity index (χ1v) is 9.03. The van der Waals surface area contributed by atoms with E-state index in [1.54, 1.807) is 0 Å². The molecule has 1 atom stereocenters. The maximum absolute atomic E-state index is 3.89. The quantitative estimate of drug-likeness (QED) is 0.686. The highest BCUT2D eigenvalue weighted by Crippen LogP contribution is 2.30. The van der Waals surface area contributed by atoms with Crippen molar-refractivity contribution < 1.29 is 0 Å². The lowest BCUT2D eigenvalue weighted by molar-refractivity contribution is 0.261. The number of hydrogen-bond acceptors (Lipinski definition) is 1. The number of hydrogen-bond donors (Lipinski definition) is 1. The van der Waals surface area contributed by atoms with Crippen LogP contribution in [-0.2, 0) is 0 Å². The Balaban J connectivity index is 1.88. The van der Waals surface area contributed by atoms with Gasteiger partial charge in [0, 0.05) is 16.6 Å². The lowest BCUT2D eigenvalue weighted by Crippen LogP contribution is -2.35. The Hall–Kier alpha value is -0.340. The maximum Gasteiger partial charge on any atom is 0.0320 e. The SMILES string of the molecule is CCCC1CCC(NC(CC)c2cccc(Br)c2)CC1. The summed E-state index contributed by atoms with van der Waals surface area (Å²) in [6.45, 7) is 4.59. The first-order chi connectivity index (χ1) is 9.72. The molecule has 0 bridgehead atoms. The molecule has 20 heavy (non-hydrogen) atoms. The summed E-state index contributed by atoms with van der Waals surface area (Å²) in [6, 6.07) is 9.96. The van der Waals surface area contributed by atoms with Gasteiger partial charge < -0.3 is 5.32 Å². The van der Waals surface area contributed by atoms with Crippen molar-refractivity contribution in [2.24, 2.45) is 5.92 Å². The highest BCUT2D eigenvalue weighted by atomic mass is 79.9. The summed E-state index contributed by atoms with van der Waals surface area (Å²) in [5, 5.41) is 3.89. The fourth-order valence-electron chi connectivity index (χ4n) is 3.48. The Morgan fingerprint density at radius 1 is 1.20 bits per heavy atom. The second-order valence-electron chi connectivity index (χ2n) is 6.19. The van der Waals surface area contributed by atoms with E-state index in [1.807, 2.05) is 0 Å². The van der Waals surface area contributed by atoms with Gasteiger partial charge in [0.1, 0.15) is 0 Å². The van der Waals surface area contributed by atoms with Crippen molar-refractivity contribution in [3.63, 3.8) is 0 Å². The van der Waals surface area contributed by atoms with Gasteiger partial charge in [0.15, 0.2) is 0 Å². The molecule has 1 aromatic rings. The molecule has 0 amide bonds. The van der Waals surface area contributed by atoms with E-state index in [2.05, 4.69) is 59.4 Å². The number of nitrogens with one attached hydrogen (secondary N) is 1. The predicted molar refractivity (Wildman–Crippen MR) is 91.0 cm³/mol. The van der Waals surface area contributed by atoms with E-state index < -0.39 is 0 Å². The van der Waals surface area contributed by atoms with Crippen LogP contribution >= 0.6 is 15.9 Å². The molecule has 2 rings (SSSR count). The first-order valence-electron chi connectivity index (χ1n) is 8.24. The van der Waals surface area contributed by atoms with Gasteiger partial charge in [-0.1, -0.05) is 54.8 Å². The Labute approximate surface area is 132 Å². The van der Waals surface area contributed by atoms with Crippen molar-refractivity contribution in [3.8, 4) is 0 Å². The average molecular weight is 338 g/mol. The third kappa shape index (κ3) is 4.60. The minimum Gasteiger partial charge on any atom is -0.307 e. The summed E-state index contributed by atoms with van der Waals surface area (Å²) in [4.78, 5) is 0. The molecule has 1 unspecified atom stereocenters. The van der Waals surface area contributed by atoms with E-state index in [0.717, 1.165) is 12.3 Å². The smallest absolute Gasteiger partial charge is 0.0320 e. The fraction of sp³-hybridized carbons (Fsp3) is 0.667. The molecule has 0 saturated heterocycles. The van der Waals surface area contributed by atoms with Crippen LogP contribution in [0.3, 0.4) is 0 Å². The monoisotopic (exact) mass is 337 g/mol.